The number of methoxy groups -OCH3 is 1. The third kappa shape index (κ3) is 6.20. The molecule has 0 aromatic heterocycles. The van der Waals surface area contributed by atoms with E-state index in [2.05, 4.69) is 10.0 Å². The number of rotatable bonds is 8. The lowest BCUT2D eigenvalue weighted by Crippen LogP contribution is -2.20. The van der Waals surface area contributed by atoms with E-state index in [0.29, 0.717) is 22.1 Å². The molecule has 0 atom stereocenters. The van der Waals surface area contributed by atoms with Crippen LogP contribution >= 0.6 is 34.8 Å². The lowest BCUT2D eigenvalue weighted by molar-refractivity contribution is -0.118. The molecule has 0 aliphatic heterocycles. The molecule has 3 rings (SSSR count). The van der Waals surface area contributed by atoms with Gasteiger partial charge in [0.05, 0.1) is 27.7 Å². The molecule has 3 aromatic rings. The molecule has 0 radical (unpaired) electrons. The molecular formula is C21H17Cl3N2O5S. The summed E-state index contributed by atoms with van der Waals surface area (Å²) in [4.78, 5) is 12.1. The van der Waals surface area contributed by atoms with E-state index in [9.17, 15) is 13.2 Å². The van der Waals surface area contributed by atoms with Crippen LogP contribution in [0.25, 0.3) is 0 Å². The summed E-state index contributed by atoms with van der Waals surface area (Å²) in [6.07, 6.45) is 0. The highest BCUT2D eigenvalue weighted by molar-refractivity contribution is 7.92. The number of nitrogens with one attached hydrogen (secondary N) is 2. The van der Waals surface area contributed by atoms with Crippen LogP contribution in [0.1, 0.15) is 0 Å². The minimum absolute atomic E-state index is 0.0277. The van der Waals surface area contributed by atoms with Crippen molar-refractivity contribution in [2.45, 2.75) is 4.90 Å². The van der Waals surface area contributed by atoms with Crippen molar-refractivity contribution >= 4 is 62.1 Å². The van der Waals surface area contributed by atoms with Crippen molar-refractivity contribution < 1.29 is 22.7 Å². The van der Waals surface area contributed by atoms with Gasteiger partial charge in [0.2, 0.25) is 0 Å². The second-order valence-electron chi connectivity index (χ2n) is 6.39. The standard InChI is InChI=1S/C21H17Cl3N2O5S/c1-30-15-5-3-14(4-6-15)26-32(28,29)16-7-9-20(18(24)11-16)31-12-21(27)25-19-8-2-13(22)10-17(19)23/h2-11,26H,12H2,1H3,(H,25,27). The molecule has 0 saturated carbocycles. The number of hydrogen-bond acceptors (Lipinski definition) is 5. The average Bonchev–Trinajstić information content (AvgIpc) is 2.75. The van der Waals surface area contributed by atoms with Gasteiger partial charge in [-0.1, -0.05) is 34.8 Å². The Morgan fingerprint density at radius 3 is 2.28 bits per heavy atom. The minimum Gasteiger partial charge on any atom is -0.497 e. The largest absolute Gasteiger partial charge is 0.497 e. The third-order valence-electron chi connectivity index (χ3n) is 4.12. The predicted molar refractivity (Wildman–Crippen MR) is 126 cm³/mol. The summed E-state index contributed by atoms with van der Waals surface area (Å²) in [5.41, 5.74) is 0.738. The zero-order valence-electron chi connectivity index (χ0n) is 16.6. The van der Waals surface area contributed by atoms with Gasteiger partial charge < -0.3 is 14.8 Å². The molecule has 1 amide bonds. The van der Waals surface area contributed by atoms with Crippen molar-refractivity contribution in [1.29, 1.82) is 0 Å². The van der Waals surface area contributed by atoms with Gasteiger partial charge in [0.15, 0.2) is 6.61 Å². The highest BCUT2D eigenvalue weighted by Crippen LogP contribution is 2.29. The van der Waals surface area contributed by atoms with Crippen LogP contribution in [0.2, 0.25) is 15.1 Å². The molecule has 0 aliphatic carbocycles. The second kappa shape index (κ2) is 10.3. The quantitative estimate of drug-likeness (QED) is 0.415. The molecule has 0 unspecified atom stereocenters. The molecule has 168 valence electrons. The van der Waals surface area contributed by atoms with E-state index in [1.54, 1.807) is 36.4 Å². The van der Waals surface area contributed by atoms with Crippen molar-refractivity contribution in [1.82, 2.24) is 0 Å². The second-order valence-corrected chi connectivity index (χ2v) is 9.32. The Bertz CT molecular complexity index is 1230. The van der Waals surface area contributed by atoms with Crippen LogP contribution in [0.5, 0.6) is 11.5 Å². The summed E-state index contributed by atoms with van der Waals surface area (Å²) in [6.45, 7) is -0.366. The molecule has 0 spiro atoms. The van der Waals surface area contributed by atoms with Crippen molar-refractivity contribution in [2.75, 3.05) is 23.8 Å². The first-order valence-corrected chi connectivity index (χ1v) is 11.6. The number of halogens is 3. The lowest BCUT2D eigenvalue weighted by atomic mass is 10.3. The van der Waals surface area contributed by atoms with Crippen molar-refractivity contribution in [3.63, 3.8) is 0 Å². The number of anilines is 2. The molecule has 3 aromatic carbocycles. The Hall–Kier alpha value is -2.65. The van der Waals surface area contributed by atoms with Gasteiger partial charge in [0.25, 0.3) is 15.9 Å². The Labute approximate surface area is 200 Å². The average molecular weight is 516 g/mol. The number of benzene rings is 3. The lowest BCUT2D eigenvalue weighted by Gasteiger charge is -2.12. The Balaban J connectivity index is 1.64. The highest BCUT2D eigenvalue weighted by atomic mass is 35.5. The van der Waals surface area contributed by atoms with Gasteiger partial charge in [-0.2, -0.15) is 0 Å². The maximum atomic E-state index is 12.6. The summed E-state index contributed by atoms with van der Waals surface area (Å²) in [7, 11) is -2.37. The third-order valence-corrected chi connectivity index (χ3v) is 6.34. The fourth-order valence-electron chi connectivity index (χ4n) is 2.56. The number of carbonyl (C=O) groups excluding carboxylic acids is 1. The maximum Gasteiger partial charge on any atom is 0.262 e. The fraction of sp³-hybridized carbons (Fsp3) is 0.0952. The van der Waals surface area contributed by atoms with Gasteiger partial charge in [-0.05, 0) is 60.7 Å². The fourth-order valence-corrected chi connectivity index (χ4v) is 4.40. The van der Waals surface area contributed by atoms with Gasteiger partial charge in [0, 0.05) is 10.7 Å². The summed E-state index contributed by atoms with van der Waals surface area (Å²) < 4.78 is 38.1. The summed E-state index contributed by atoms with van der Waals surface area (Å²) in [5.74, 6) is 0.260. The van der Waals surface area contributed by atoms with Crippen molar-refractivity contribution in [3.05, 3.63) is 75.7 Å². The SMILES string of the molecule is COc1ccc(NS(=O)(=O)c2ccc(OCC(=O)Nc3ccc(Cl)cc3Cl)c(Cl)c2)cc1. The van der Waals surface area contributed by atoms with Gasteiger partial charge in [0.1, 0.15) is 11.5 Å². The Morgan fingerprint density at radius 2 is 1.66 bits per heavy atom. The number of amides is 1. The number of sulfonamides is 1. The first-order chi connectivity index (χ1) is 15.2. The molecule has 2 N–H and O–H groups in total. The molecule has 32 heavy (non-hydrogen) atoms. The first-order valence-electron chi connectivity index (χ1n) is 9.02. The van der Waals surface area contributed by atoms with Crippen LogP contribution in [0.15, 0.2) is 65.6 Å². The van der Waals surface area contributed by atoms with Gasteiger partial charge in [-0.15, -0.1) is 0 Å². The summed E-state index contributed by atoms with van der Waals surface area (Å²) in [5, 5.41) is 3.33. The Kier molecular flexibility index (Phi) is 7.73. The Morgan fingerprint density at radius 1 is 0.938 bits per heavy atom. The summed E-state index contributed by atoms with van der Waals surface area (Å²) in [6, 6.07) is 15.0. The first kappa shape index (κ1) is 24.0. The molecular weight excluding hydrogens is 499 g/mol. The molecule has 0 aliphatic rings. The minimum atomic E-state index is -3.89. The van der Waals surface area contributed by atoms with Gasteiger partial charge in [-0.3, -0.25) is 9.52 Å². The molecule has 11 heteroatoms. The van der Waals surface area contributed by atoms with Crippen LogP contribution in [-0.2, 0) is 14.8 Å². The number of hydrogen-bond donors (Lipinski definition) is 2. The zero-order valence-corrected chi connectivity index (χ0v) is 19.6. The van der Waals surface area contributed by atoms with E-state index in [1.165, 1.54) is 31.4 Å². The number of carbonyl (C=O) groups is 1. The summed E-state index contributed by atoms with van der Waals surface area (Å²) >= 11 is 18.0. The molecule has 0 bridgehead atoms. The smallest absolute Gasteiger partial charge is 0.262 e. The van der Waals surface area contributed by atoms with E-state index in [0.717, 1.165) is 0 Å². The van der Waals surface area contributed by atoms with E-state index in [4.69, 9.17) is 44.3 Å². The predicted octanol–water partition coefficient (Wildman–Crippen LogP) is 5.47. The van der Waals surface area contributed by atoms with Crippen LogP contribution in [0.4, 0.5) is 11.4 Å². The molecule has 0 saturated heterocycles. The monoisotopic (exact) mass is 514 g/mol. The van der Waals surface area contributed by atoms with Crippen LogP contribution < -0.4 is 19.5 Å². The molecule has 0 fully saturated rings. The van der Waals surface area contributed by atoms with Crippen LogP contribution in [-0.4, -0.2) is 28.0 Å². The van der Waals surface area contributed by atoms with Crippen molar-refractivity contribution in [2.24, 2.45) is 0 Å². The van der Waals surface area contributed by atoms with Crippen LogP contribution in [0.3, 0.4) is 0 Å². The van der Waals surface area contributed by atoms with Crippen LogP contribution in [0, 0.1) is 0 Å². The molecule has 0 heterocycles. The topological polar surface area (TPSA) is 93.7 Å². The number of ether oxygens (including phenoxy) is 2. The normalized spacial score (nSPS) is 11.0. The van der Waals surface area contributed by atoms with E-state index >= 15 is 0 Å². The van der Waals surface area contributed by atoms with Crippen molar-refractivity contribution in [3.8, 4) is 11.5 Å². The zero-order chi connectivity index (χ0) is 23.3. The highest BCUT2D eigenvalue weighted by Gasteiger charge is 2.17. The van der Waals surface area contributed by atoms with E-state index < -0.39 is 15.9 Å². The van der Waals surface area contributed by atoms with Gasteiger partial charge in [-0.25, -0.2) is 8.42 Å². The van der Waals surface area contributed by atoms with E-state index in [1.807, 2.05) is 0 Å². The van der Waals surface area contributed by atoms with Gasteiger partial charge >= 0.3 is 0 Å². The van der Waals surface area contributed by atoms with E-state index in [-0.39, 0.29) is 27.3 Å². The molecule has 7 nitrogen and oxygen atoms in total. The maximum absolute atomic E-state index is 12.6.